The number of aromatic nitrogens is 3. The van der Waals surface area contributed by atoms with Crippen molar-refractivity contribution in [1.82, 2.24) is 14.5 Å². The summed E-state index contributed by atoms with van der Waals surface area (Å²) in [7, 11) is 0. The Morgan fingerprint density at radius 3 is 1.98 bits per heavy atom. The van der Waals surface area contributed by atoms with Crippen molar-refractivity contribution in [3.05, 3.63) is 188 Å². The number of H-pyrrole nitrogens is 1. The van der Waals surface area contributed by atoms with Gasteiger partial charge in [-0.1, -0.05) is 56.1 Å². The summed E-state index contributed by atoms with van der Waals surface area (Å²) in [5.74, 6) is -1.27. The molecule has 0 atom stereocenters. The molecule has 0 spiro atoms. The molecule has 2 aromatic heterocycles. The lowest BCUT2D eigenvalue weighted by atomic mass is 10.0. The van der Waals surface area contributed by atoms with Crippen LogP contribution in [0.25, 0.3) is 39.4 Å². The first-order valence-electron chi connectivity index (χ1n) is 19.3. The van der Waals surface area contributed by atoms with Gasteiger partial charge in [-0.15, -0.1) is 0 Å². The van der Waals surface area contributed by atoms with Crippen molar-refractivity contribution in [3.63, 3.8) is 0 Å². The SMILES string of the molecule is CC(=O)CCC(=O)c1cc(Br)ccc1OCc1ccc(F)cc1F.Cc1ccc(-c2cc(Br)ccc2OCc2ccc(F)cc2F)n1-c1cccc(-c2nc3ccccc3[nH]2)c1. The first-order chi connectivity index (χ1) is 29.8. The van der Waals surface area contributed by atoms with Gasteiger partial charge in [-0.2, -0.15) is 0 Å². The zero-order valence-corrected chi connectivity index (χ0v) is 36.5. The number of rotatable bonds is 13. The monoisotopic (exact) mass is 965 g/mol. The maximum atomic E-state index is 14.2. The first-order valence-corrected chi connectivity index (χ1v) is 20.9. The molecule has 0 unspecified atom stereocenters. The number of hydrogen-bond acceptors (Lipinski definition) is 5. The molecule has 0 aliphatic heterocycles. The lowest BCUT2D eigenvalue weighted by molar-refractivity contribution is -0.117. The minimum Gasteiger partial charge on any atom is -0.488 e. The molecule has 0 amide bonds. The molecule has 13 heteroatoms. The molecule has 8 rings (SSSR count). The molecule has 0 aliphatic carbocycles. The molecule has 314 valence electrons. The highest BCUT2D eigenvalue weighted by Gasteiger charge is 2.18. The summed E-state index contributed by atoms with van der Waals surface area (Å²) in [4.78, 5) is 31.5. The Kier molecular flexibility index (Phi) is 13.8. The molecule has 0 bridgehead atoms. The van der Waals surface area contributed by atoms with Crippen LogP contribution in [0.5, 0.6) is 11.5 Å². The van der Waals surface area contributed by atoms with E-state index in [1.165, 1.54) is 25.1 Å². The minimum atomic E-state index is -0.712. The molecule has 0 fully saturated rings. The van der Waals surface area contributed by atoms with Gasteiger partial charge in [0.15, 0.2) is 5.78 Å². The second kappa shape index (κ2) is 19.6. The topological polar surface area (TPSA) is 86.2 Å². The van der Waals surface area contributed by atoms with E-state index in [2.05, 4.69) is 53.5 Å². The van der Waals surface area contributed by atoms with Gasteiger partial charge < -0.3 is 23.8 Å². The number of aromatic amines is 1. The summed E-state index contributed by atoms with van der Waals surface area (Å²) in [5.41, 5.74) is 7.41. The normalized spacial score (nSPS) is 11.0. The van der Waals surface area contributed by atoms with E-state index in [0.717, 1.165) is 67.7 Å². The number of para-hydroxylation sites is 2. The van der Waals surface area contributed by atoms with Crippen LogP contribution in [0.4, 0.5) is 17.6 Å². The van der Waals surface area contributed by atoms with Crippen LogP contribution in [0, 0.1) is 30.2 Å². The molecule has 0 saturated heterocycles. The summed E-state index contributed by atoms with van der Waals surface area (Å²) >= 11 is 6.86. The van der Waals surface area contributed by atoms with Gasteiger partial charge in [0.05, 0.1) is 22.3 Å². The van der Waals surface area contributed by atoms with Gasteiger partial charge in [-0.3, -0.25) is 4.79 Å². The predicted molar refractivity (Wildman–Crippen MR) is 238 cm³/mol. The average molecular weight is 968 g/mol. The minimum absolute atomic E-state index is 0.0258. The summed E-state index contributed by atoms with van der Waals surface area (Å²) in [5, 5.41) is 0. The third-order valence-electron chi connectivity index (χ3n) is 9.80. The molecule has 0 aliphatic rings. The third kappa shape index (κ3) is 10.6. The molecular weight excluding hydrogens is 930 g/mol. The quantitative estimate of drug-likeness (QED) is 0.0919. The van der Waals surface area contributed by atoms with Crippen LogP contribution in [0.1, 0.15) is 46.9 Å². The van der Waals surface area contributed by atoms with Crippen LogP contribution in [0.15, 0.2) is 142 Å². The zero-order chi connectivity index (χ0) is 43.9. The highest BCUT2D eigenvalue weighted by Crippen LogP contribution is 2.37. The molecule has 8 aromatic rings. The van der Waals surface area contributed by atoms with Crippen LogP contribution in [-0.4, -0.2) is 26.1 Å². The number of halogens is 6. The molecular formula is C49H37Br2F4N3O4. The van der Waals surface area contributed by atoms with Gasteiger partial charge in [0, 0.05) is 67.6 Å². The summed E-state index contributed by atoms with van der Waals surface area (Å²) in [6.07, 6.45) is 0.227. The van der Waals surface area contributed by atoms with Gasteiger partial charge in [-0.05, 0) is 111 Å². The number of ether oxygens (including phenoxy) is 2. The maximum absolute atomic E-state index is 14.2. The van der Waals surface area contributed by atoms with Crippen LogP contribution >= 0.6 is 31.9 Å². The fourth-order valence-corrected chi connectivity index (χ4v) is 7.38. The molecule has 2 heterocycles. The number of carbonyl (C=O) groups is 2. The Bertz CT molecular complexity index is 2900. The fourth-order valence-electron chi connectivity index (χ4n) is 6.66. The van der Waals surface area contributed by atoms with Crippen molar-refractivity contribution in [2.24, 2.45) is 0 Å². The van der Waals surface area contributed by atoms with Gasteiger partial charge in [-0.25, -0.2) is 22.5 Å². The highest BCUT2D eigenvalue weighted by atomic mass is 79.9. The van der Waals surface area contributed by atoms with E-state index >= 15 is 0 Å². The van der Waals surface area contributed by atoms with Gasteiger partial charge in [0.2, 0.25) is 0 Å². The van der Waals surface area contributed by atoms with E-state index in [1.54, 1.807) is 18.2 Å². The van der Waals surface area contributed by atoms with Gasteiger partial charge >= 0.3 is 0 Å². The average Bonchev–Trinajstić information content (AvgIpc) is 3.87. The smallest absolute Gasteiger partial charge is 0.167 e. The highest BCUT2D eigenvalue weighted by molar-refractivity contribution is 9.10. The number of Topliss-reactive ketones (excluding diaryl/α,β-unsaturated/α-hetero) is 2. The standard InChI is InChI=1S/C31H22BrF2N3O.C18H15BrF2O3/c1-19-9-13-29(25-16-22(32)11-14-30(25)38-18-21-10-12-23(33)17-26(21)34)37(19)24-6-4-5-20(15-24)31-35-27-7-2-3-8-28(27)36-31;1-11(22)2-6-17(23)15-8-13(19)4-7-18(15)24-10-12-3-5-14(20)9-16(12)21/h2-17H,18H2,1H3,(H,35,36);3-5,7-9H,2,6,10H2,1H3. The largest absolute Gasteiger partial charge is 0.488 e. The van der Waals surface area contributed by atoms with Crippen LogP contribution in [0.2, 0.25) is 0 Å². The van der Waals surface area contributed by atoms with Crippen molar-refractivity contribution in [1.29, 1.82) is 0 Å². The Hall–Kier alpha value is -6.31. The molecule has 7 nitrogen and oxygen atoms in total. The van der Waals surface area contributed by atoms with Crippen molar-refractivity contribution in [3.8, 4) is 39.8 Å². The fraction of sp³-hybridized carbons (Fsp3) is 0.122. The number of aryl methyl sites for hydroxylation is 1. The molecule has 0 saturated carbocycles. The van der Waals surface area contributed by atoms with E-state index in [4.69, 9.17) is 14.5 Å². The molecule has 62 heavy (non-hydrogen) atoms. The van der Waals surface area contributed by atoms with E-state index in [1.807, 2.05) is 73.7 Å². The van der Waals surface area contributed by atoms with E-state index in [-0.39, 0.29) is 54.5 Å². The van der Waals surface area contributed by atoms with Crippen LogP contribution in [0.3, 0.4) is 0 Å². The number of ketones is 2. The van der Waals surface area contributed by atoms with Crippen molar-refractivity contribution in [2.75, 3.05) is 0 Å². The van der Waals surface area contributed by atoms with E-state index < -0.39 is 23.3 Å². The van der Waals surface area contributed by atoms with Crippen molar-refractivity contribution >= 4 is 54.5 Å². The molecule has 6 aromatic carbocycles. The van der Waals surface area contributed by atoms with Gasteiger partial charge in [0.1, 0.15) is 59.6 Å². The number of hydrogen-bond donors (Lipinski definition) is 1. The lowest BCUT2D eigenvalue weighted by Gasteiger charge is -2.17. The second-order valence-electron chi connectivity index (χ2n) is 14.3. The zero-order valence-electron chi connectivity index (χ0n) is 33.3. The number of carbonyl (C=O) groups excluding carboxylic acids is 2. The van der Waals surface area contributed by atoms with Crippen molar-refractivity contribution < 1.29 is 36.6 Å². The van der Waals surface area contributed by atoms with Gasteiger partial charge in [0.25, 0.3) is 0 Å². The van der Waals surface area contributed by atoms with E-state index in [0.29, 0.717) is 15.8 Å². The number of imidazole rings is 1. The summed E-state index contributed by atoms with van der Waals surface area (Å²) in [6.45, 7) is 3.30. The maximum Gasteiger partial charge on any atom is 0.167 e. The number of fused-ring (bicyclic) bond motifs is 1. The van der Waals surface area contributed by atoms with Crippen LogP contribution < -0.4 is 9.47 Å². The predicted octanol–water partition coefficient (Wildman–Crippen LogP) is 13.5. The number of nitrogens with zero attached hydrogens (tertiary/aromatic N) is 2. The van der Waals surface area contributed by atoms with E-state index in [9.17, 15) is 27.2 Å². The summed E-state index contributed by atoms with van der Waals surface area (Å²) < 4.78 is 69.5. The van der Waals surface area contributed by atoms with Crippen LogP contribution in [-0.2, 0) is 18.0 Å². The molecule has 0 radical (unpaired) electrons. The summed E-state index contributed by atoms with van der Waals surface area (Å²) in [6, 6.07) is 37.5. The lowest BCUT2D eigenvalue weighted by Crippen LogP contribution is -2.07. The first kappa shape index (κ1) is 43.8. The molecule has 1 N–H and O–H groups in total. The Labute approximate surface area is 371 Å². The Morgan fingerprint density at radius 1 is 0.677 bits per heavy atom. The number of nitrogens with one attached hydrogen (secondary N) is 1. The number of benzene rings is 6. The Balaban J connectivity index is 0.000000208. The Morgan fingerprint density at radius 2 is 1.32 bits per heavy atom. The third-order valence-corrected chi connectivity index (χ3v) is 10.8. The second-order valence-corrected chi connectivity index (χ2v) is 16.1. The van der Waals surface area contributed by atoms with Crippen molar-refractivity contribution in [2.45, 2.75) is 39.9 Å².